The fourth-order valence-electron chi connectivity index (χ4n) is 6.80. The summed E-state index contributed by atoms with van der Waals surface area (Å²) in [4.78, 5) is 57.4. The molecule has 0 bridgehead atoms. The molecule has 0 spiro atoms. The van der Waals surface area contributed by atoms with Gasteiger partial charge in [0.15, 0.2) is 23.0 Å². The number of ether oxygens (including phenoxy) is 6. The minimum Gasteiger partial charge on any atom is -0.493 e. The molecular weight excluding hydrogens is 584 g/mol. The standard InChI is InChI=1S/C33H34N2O10/c1-40-20-13-18(14-21(41-2)30(20)43-4)26-28(32(38)34-11-7-5-9-24(34)36)27(29(26)33(39)35-12-8-6-10-25(35)37)19-15-22(42-3)31-23(16-19)44-17-45-31/h5-6,9-10,13-16,26-29H,7-8,11-12,17H2,1-4H3/t26?,27?,28-,29+. The summed E-state index contributed by atoms with van der Waals surface area (Å²) in [7, 11) is 5.93. The average Bonchev–Trinajstić information content (AvgIpc) is 3.52. The number of amides is 4. The van der Waals surface area contributed by atoms with Gasteiger partial charge < -0.3 is 28.4 Å². The Morgan fingerprint density at radius 3 is 1.64 bits per heavy atom. The lowest BCUT2D eigenvalue weighted by atomic mass is 9.51. The third kappa shape index (κ3) is 5.03. The van der Waals surface area contributed by atoms with Crippen molar-refractivity contribution < 1.29 is 47.6 Å². The Balaban J connectivity index is 1.55. The minimum atomic E-state index is -0.891. The van der Waals surface area contributed by atoms with Crippen molar-refractivity contribution in [3.05, 3.63) is 59.7 Å². The van der Waals surface area contributed by atoms with E-state index < -0.39 is 47.3 Å². The van der Waals surface area contributed by atoms with E-state index in [9.17, 15) is 19.2 Å². The van der Waals surface area contributed by atoms with Gasteiger partial charge in [0.1, 0.15) is 0 Å². The van der Waals surface area contributed by atoms with E-state index in [1.807, 2.05) is 0 Å². The van der Waals surface area contributed by atoms with E-state index in [1.54, 1.807) is 36.4 Å². The van der Waals surface area contributed by atoms with Gasteiger partial charge in [-0.15, -0.1) is 0 Å². The Bertz CT molecular complexity index is 1540. The first-order valence-corrected chi connectivity index (χ1v) is 14.6. The number of fused-ring (bicyclic) bond motifs is 1. The first-order chi connectivity index (χ1) is 21.8. The zero-order valence-electron chi connectivity index (χ0n) is 25.4. The molecule has 0 radical (unpaired) electrons. The largest absolute Gasteiger partial charge is 0.493 e. The molecule has 3 heterocycles. The molecule has 1 aliphatic carbocycles. The normalized spacial score (nSPS) is 23.5. The number of hydrogen-bond donors (Lipinski definition) is 0. The van der Waals surface area contributed by atoms with Crippen LogP contribution >= 0.6 is 0 Å². The van der Waals surface area contributed by atoms with Crippen LogP contribution in [0, 0.1) is 11.8 Å². The summed E-state index contributed by atoms with van der Waals surface area (Å²) in [6, 6.07) is 6.87. The van der Waals surface area contributed by atoms with Crippen molar-refractivity contribution in [3.63, 3.8) is 0 Å². The molecule has 0 aromatic heterocycles. The van der Waals surface area contributed by atoms with Crippen LogP contribution < -0.4 is 28.4 Å². The van der Waals surface area contributed by atoms with E-state index >= 15 is 0 Å². The van der Waals surface area contributed by atoms with Gasteiger partial charge in [-0.25, -0.2) is 0 Å². The van der Waals surface area contributed by atoms with Gasteiger partial charge in [-0.1, -0.05) is 12.2 Å². The number of carbonyl (C=O) groups is 4. The van der Waals surface area contributed by atoms with Crippen LogP contribution in [-0.4, -0.2) is 81.8 Å². The second kappa shape index (κ2) is 12.2. The van der Waals surface area contributed by atoms with E-state index in [0.717, 1.165) is 0 Å². The van der Waals surface area contributed by atoms with Gasteiger partial charge in [0.2, 0.25) is 30.1 Å². The summed E-state index contributed by atoms with van der Waals surface area (Å²) in [6.45, 7) is 0.400. The third-order valence-electron chi connectivity index (χ3n) is 8.88. The number of nitrogens with zero attached hydrogens (tertiary/aromatic N) is 2. The number of benzene rings is 2. The lowest BCUT2D eigenvalue weighted by Crippen LogP contribution is -2.59. The Morgan fingerprint density at radius 1 is 0.689 bits per heavy atom. The Hall–Kier alpha value is -5.00. The zero-order chi connectivity index (χ0) is 31.8. The summed E-state index contributed by atoms with van der Waals surface area (Å²) in [6.07, 6.45) is 7.25. The van der Waals surface area contributed by atoms with Crippen LogP contribution in [0.4, 0.5) is 0 Å². The van der Waals surface area contributed by atoms with Gasteiger partial charge in [0.05, 0.1) is 40.3 Å². The van der Waals surface area contributed by atoms with E-state index in [2.05, 4.69) is 0 Å². The monoisotopic (exact) mass is 618 g/mol. The molecule has 45 heavy (non-hydrogen) atoms. The molecule has 0 saturated heterocycles. The van der Waals surface area contributed by atoms with Crippen LogP contribution in [0.25, 0.3) is 0 Å². The molecule has 12 nitrogen and oxygen atoms in total. The molecule has 236 valence electrons. The first-order valence-electron chi connectivity index (χ1n) is 14.6. The van der Waals surface area contributed by atoms with Crippen LogP contribution in [0.1, 0.15) is 35.8 Å². The lowest BCUT2D eigenvalue weighted by molar-refractivity contribution is -0.157. The van der Waals surface area contributed by atoms with Crippen molar-refractivity contribution in [2.24, 2.45) is 11.8 Å². The molecule has 4 aliphatic rings. The molecule has 3 aliphatic heterocycles. The summed E-state index contributed by atoms with van der Waals surface area (Å²) < 4.78 is 33.7. The summed E-state index contributed by atoms with van der Waals surface area (Å²) >= 11 is 0. The second-order valence-corrected chi connectivity index (χ2v) is 11.1. The zero-order valence-corrected chi connectivity index (χ0v) is 25.4. The molecule has 2 aromatic rings. The summed E-state index contributed by atoms with van der Waals surface area (Å²) in [5.41, 5.74) is 1.14. The third-order valence-corrected chi connectivity index (χ3v) is 8.88. The van der Waals surface area contributed by atoms with Gasteiger partial charge in [-0.05, 0) is 60.4 Å². The fraction of sp³-hybridized carbons (Fsp3) is 0.394. The number of rotatable bonds is 8. The summed E-state index contributed by atoms with van der Waals surface area (Å²) in [5.74, 6) is -2.79. The van der Waals surface area contributed by atoms with E-state index in [4.69, 9.17) is 28.4 Å². The average molecular weight is 619 g/mol. The maximum absolute atomic E-state index is 14.5. The SMILES string of the molecule is COc1cc(C2[C@@H](C(=O)N3CCC=CC3=O)C(c3cc(OC)c4c(c3)OCO4)[C@H]2C(=O)N2CCC=CC2=O)cc(OC)c1OC. The predicted molar refractivity (Wildman–Crippen MR) is 159 cm³/mol. The summed E-state index contributed by atoms with van der Waals surface area (Å²) in [5, 5.41) is 0. The van der Waals surface area contributed by atoms with Crippen LogP contribution in [-0.2, 0) is 19.2 Å². The highest BCUT2D eigenvalue weighted by atomic mass is 16.7. The van der Waals surface area contributed by atoms with Gasteiger partial charge in [0.25, 0.3) is 11.8 Å². The van der Waals surface area contributed by atoms with Crippen molar-refractivity contribution in [3.8, 4) is 34.5 Å². The Morgan fingerprint density at radius 2 is 1.18 bits per heavy atom. The van der Waals surface area contributed by atoms with Crippen LogP contribution in [0.15, 0.2) is 48.6 Å². The highest BCUT2D eigenvalue weighted by molar-refractivity contribution is 6.06. The van der Waals surface area contributed by atoms with E-state index in [0.29, 0.717) is 58.5 Å². The second-order valence-electron chi connectivity index (χ2n) is 11.1. The molecule has 1 fully saturated rings. The van der Waals surface area contributed by atoms with Crippen molar-refractivity contribution in [1.29, 1.82) is 0 Å². The van der Waals surface area contributed by atoms with Crippen molar-refractivity contribution in [2.75, 3.05) is 48.3 Å². The molecule has 6 rings (SSSR count). The molecule has 4 amide bonds. The topological polar surface area (TPSA) is 130 Å². The molecule has 0 N–H and O–H groups in total. The highest BCUT2D eigenvalue weighted by Crippen LogP contribution is 2.61. The number of methoxy groups -OCH3 is 4. The first kappa shape index (κ1) is 30.0. The molecule has 2 unspecified atom stereocenters. The Labute approximate surface area is 260 Å². The fourth-order valence-corrected chi connectivity index (χ4v) is 6.80. The number of imide groups is 2. The molecule has 2 aromatic carbocycles. The maximum atomic E-state index is 14.5. The molecule has 12 heteroatoms. The number of hydrogen-bond acceptors (Lipinski definition) is 10. The van der Waals surface area contributed by atoms with E-state index in [-0.39, 0.29) is 19.9 Å². The smallest absolute Gasteiger partial charge is 0.252 e. The quantitative estimate of drug-likeness (QED) is 0.407. The van der Waals surface area contributed by atoms with E-state index in [1.165, 1.54) is 50.4 Å². The lowest BCUT2D eigenvalue weighted by Gasteiger charge is -2.52. The molecule has 1 saturated carbocycles. The predicted octanol–water partition coefficient (Wildman–Crippen LogP) is 3.19. The number of carbonyl (C=O) groups excluding carboxylic acids is 4. The van der Waals surface area contributed by atoms with Gasteiger partial charge in [0, 0.05) is 24.9 Å². The molecular formula is C33H34N2O10. The van der Waals surface area contributed by atoms with Crippen LogP contribution in [0.2, 0.25) is 0 Å². The molecule has 4 atom stereocenters. The van der Waals surface area contributed by atoms with Crippen LogP contribution in [0.5, 0.6) is 34.5 Å². The maximum Gasteiger partial charge on any atom is 0.252 e. The van der Waals surface area contributed by atoms with Gasteiger partial charge in [-0.3, -0.25) is 29.0 Å². The van der Waals surface area contributed by atoms with Gasteiger partial charge in [-0.2, -0.15) is 0 Å². The Kier molecular flexibility index (Phi) is 8.13. The highest BCUT2D eigenvalue weighted by Gasteiger charge is 2.61. The van der Waals surface area contributed by atoms with Crippen molar-refractivity contribution in [1.82, 2.24) is 9.80 Å². The van der Waals surface area contributed by atoms with Crippen LogP contribution in [0.3, 0.4) is 0 Å². The van der Waals surface area contributed by atoms with Gasteiger partial charge >= 0.3 is 0 Å². The van der Waals surface area contributed by atoms with Crippen molar-refractivity contribution >= 4 is 23.6 Å². The minimum absolute atomic E-state index is 0.0121. The van der Waals surface area contributed by atoms with Crippen molar-refractivity contribution in [2.45, 2.75) is 24.7 Å².